The van der Waals surface area contributed by atoms with E-state index in [2.05, 4.69) is 65.2 Å². The van der Waals surface area contributed by atoms with Crippen molar-refractivity contribution < 1.29 is 0 Å². The highest BCUT2D eigenvalue weighted by Gasteiger charge is 2.15. The topological polar surface area (TPSA) is 61.0 Å². The molecule has 1 fully saturated rings. The van der Waals surface area contributed by atoms with Crippen molar-refractivity contribution in [2.75, 3.05) is 18.4 Å². The molecule has 0 bridgehead atoms. The molecule has 0 atom stereocenters. The third kappa shape index (κ3) is 6.40. The molecule has 0 unspecified atom stereocenters. The second-order valence-electron chi connectivity index (χ2n) is 7.73. The Bertz CT molecular complexity index is 780. The van der Waals surface area contributed by atoms with Gasteiger partial charge in [-0.2, -0.15) is 11.8 Å². The Morgan fingerprint density at radius 3 is 2.63 bits per heavy atom. The lowest BCUT2D eigenvalue weighted by Crippen LogP contribution is -2.32. The summed E-state index contributed by atoms with van der Waals surface area (Å²) < 4.78 is 0. The first-order valence-corrected chi connectivity index (χ1v) is 10.8. The Morgan fingerprint density at radius 2 is 1.96 bits per heavy atom. The first kappa shape index (κ1) is 20.0. The molecule has 1 aliphatic rings. The highest BCUT2D eigenvalue weighted by molar-refractivity contribution is 7.99. The monoisotopic (exact) mass is 386 g/mol. The quantitative estimate of drug-likeness (QED) is 0.739. The molecule has 1 saturated heterocycles. The number of hydrogen-bond donors (Lipinski definition) is 2. The van der Waals surface area contributed by atoms with Crippen molar-refractivity contribution in [1.82, 2.24) is 14.9 Å². The number of H-pyrrole nitrogens is 1. The Hall–Kier alpha value is -1.79. The van der Waals surface area contributed by atoms with Gasteiger partial charge in [-0.25, -0.2) is 4.98 Å². The summed E-state index contributed by atoms with van der Waals surface area (Å²) in [6, 6.07) is 9.98. The largest absolute Gasteiger partial charge is 0.326 e. The average molecular weight is 387 g/mol. The van der Waals surface area contributed by atoms with Crippen LogP contribution in [0, 0.1) is 5.92 Å². The smallest absolute Gasteiger partial charge is 0.252 e. The van der Waals surface area contributed by atoms with E-state index in [1.165, 1.54) is 31.5 Å². The number of thioether (sulfide) groups is 1. The number of nitrogens with one attached hydrogen (secondary N) is 2. The van der Waals surface area contributed by atoms with Gasteiger partial charge in [0.2, 0.25) is 5.95 Å². The van der Waals surface area contributed by atoms with Gasteiger partial charge in [0, 0.05) is 24.1 Å². The Kier molecular flexibility index (Phi) is 6.96. The number of rotatable bonds is 7. The van der Waals surface area contributed by atoms with Gasteiger partial charge >= 0.3 is 0 Å². The van der Waals surface area contributed by atoms with Crippen molar-refractivity contribution in [2.45, 2.75) is 51.2 Å². The predicted octanol–water partition coefficient (Wildman–Crippen LogP) is 4.39. The third-order valence-corrected chi connectivity index (χ3v) is 5.99. The third-order valence-electron chi connectivity index (χ3n) is 4.86. The van der Waals surface area contributed by atoms with E-state index in [9.17, 15) is 4.79 Å². The van der Waals surface area contributed by atoms with Gasteiger partial charge in [-0.1, -0.05) is 32.9 Å². The van der Waals surface area contributed by atoms with E-state index in [0.717, 1.165) is 29.6 Å². The molecule has 1 aromatic heterocycles. The van der Waals surface area contributed by atoms with Crippen LogP contribution in [0.2, 0.25) is 0 Å². The van der Waals surface area contributed by atoms with E-state index in [0.29, 0.717) is 11.2 Å². The zero-order chi connectivity index (χ0) is 19.2. The summed E-state index contributed by atoms with van der Waals surface area (Å²) in [5.74, 6) is 2.10. The number of hydrogen-bond acceptors (Lipinski definition) is 5. The molecule has 1 aliphatic heterocycles. The summed E-state index contributed by atoms with van der Waals surface area (Å²) >= 11 is 1.78. The number of aromatic nitrogens is 2. The van der Waals surface area contributed by atoms with E-state index >= 15 is 0 Å². The van der Waals surface area contributed by atoms with Crippen LogP contribution in [-0.2, 0) is 12.3 Å². The highest BCUT2D eigenvalue weighted by Crippen LogP contribution is 2.20. The van der Waals surface area contributed by atoms with Gasteiger partial charge in [-0.15, -0.1) is 0 Å². The second-order valence-corrected chi connectivity index (χ2v) is 9.29. The van der Waals surface area contributed by atoms with E-state index in [-0.39, 0.29) is 5.56 Å². The van der Waals surface area contributed by atoms with E-state index < -0.39 is 0 Å². The lowest BCUT2D eigenvalue weighted by atomic mass is 9.99. The standard InChI is InChI=1S/C21H30N4OS/c1-15(2)27-14-19-12-20(26)24-21(23-19)22-18-6-4-17(5-7-18)13-25-10-8-16(3)9-11-25/h4-7,12,15-16H,8-11,13-14H2,1-3H3,(H2,22,23,24,26). The lowest BCUT2D eigenvalue weighted by Gasteiger charge is -2.30. The van der Waals surface area contributed by atoms with Crippen LogP contribution in [0.1, 0.15) is 44.9 Å². The summed E-state index contributed by atoms with van der Waals surface area (Å²) in [6.45, 7) is 10.0. The van der Waals surface area contributed by atoms with Crippen molar-refractivity contribution in [2.24, 2.45) is 5.92 Å². The first-order valence-electron chi connectivity index (χ1n) is 9.78. The SMILES string of the molecule is CC1CCN(Cc2ccc(Nc3nc(CSC(C)C)cc(=O)[nH]3)cc2)CC1. The molecular weight excluding hydrogens is 356 g/mol. The van der Waals surface area contributed by atoms with Crippen molar-refractivity contribution in [1.29, 1.82) is 0 Å². The molecule has 146 valence electrons. The fourth-order valence-electron chi connectivity index (χ4n) is 3.20. The van der Waals surface area contributed by atoms with Crippen molar-refractivity contribution >= 4 is 23.4 Å². The van der Waals surface area contributed by atoms with E-state index in [1.54, 1.807) is 17.8 Å². The summed E-state index contributed by atoms with van der Waals surface area (Å²) in [5, 5.41) is 3.73. The summed E-state index contributed by atoms with van der Waals surface area (Å²) in [6.07, 6.45) is 2.59. The Morgan fingerprint density at radius 1 is 1.26 bits per heavy atom. The van der Waals surface area contributed by atoms with E-state index in [1.807, 2.05) is 0 Å². The molecule has 0 radical (unpaired) electrons. The Labute approximate surface area is 166 Å². The fourth-order valence-corrected chi connectivity index (χ4v) is 3.85. The van der Waals surface area contributed by atoms with Gasteiger partial charge in [-0.3, -0.25) is 14.7 Å². The molecule has 6 heteroatoms. The zero-order valence-electron chi connectivity index (χ0n) is 16.5. The number of nitrogens with zero attached hydrogens (tertiary/aromatic N) is 2. The van der Waals surface area contributed by atoms with Crippen molar-refractivity contribution in [3.63, 3.8) is 0 Å². The van der Waals surface area contributed by atoms with Gasteiger partial charge in [0.1, 0.15) is 0 Å². The number of likely N-dealkylation sites (tertiary alicyclic amines) is 1. The highest BCUT2D eigenvalue weighted by atomic mass is 32.2. The molecule has 5 nitrogen and oxygen atoms in total. The van der Waals surface area contributed by atoms with Crippen LogP contribution in [-0.4, -0.2) is 33.2 Å². The maximum absolute atomic E-state index is 11.9. The minimum atomic E-state index is -0.122. The molecule has 0 amide bonds. The van der Waals surface area contributed by atoms with Crippen LogP contribution in [0.25, 0.3) is 0 Å². The van der Waals surface area contributed by atoms with Gasteiger partial charge in [0.05, 0.1) is 5.69 Å². The average Bonchev–Trinajstić information content (AvgIpc) is 2.63. The number of anilines is 2. The number of aromatic amines is 1. The number of benzene rings is 1. The molecular formula is C21H30N4OS. The van der Waals surface area contributed by atoms with Crippen LogP contribution < -0.4 is 10.9 Å². The van der Waals surface area contributed by atoms with Crippen molar-refractivity contribution in [3.05, 3.63) is 51.9 Å². The number of piperidine rings is 1. The minimum absolute atomic E-state index is 0.122. The fraction of sp³-hybridized carbons (Fsp3) is 0.524. The minimum Gasteiger partial charge on any atom is -0.326 e. The van der Waals surface area contributed by atoms with Gasteiger partial charge < -0.3 is 5.32 Å². The molecule has 3 rings (SSSR count). The maximum Gasteiger partial charge on any atom is 0.252 e. The normalized spacial score (nSPS) is 16.0. The summed E-state index contributed by atoms with van der Waals surface area (Å²) in [5.41, 5.74) is 2.93. The van der Waals surface area contributed by atoms with Gasteiger partial charge in [0.25, 0.3) is 5.56 Å². The molecule has 0 saturated carbocycles. The second kappa shape index (κ2) is 9.42. The zero-order valence-corrected chi connectivity index (χ0v) is 17.3. The Balaban J connectivity index is 1.60. The van der Waals surface area contributed by atoms with Gasteiger partial charge in [-0.05, 0) is 54.8 Å². The predicted molar refractivity (Wildman–Crippen MR) is 115 cm³/mol. The summed E-state index contributed by atoms with van der Waals surface area (Å²) in [4.78, 5) is 21.7. The van der Waals surface area contributed by atoms with Crippen LogP contribution in [0.4, 0.5) is 11.6 Å². The van der Waals surface area contributed by atoms with Crippen LogP contribution in [0.15, 0.2) is 35.1 Å². The first-order chi connectivity index (χ1) is 13.0. The molecule has 27 heavy (non-hydrogen) atoms. The van der Waals surface area contributed by atoms with Crippen LogP contribution >= 0.6 is 11.8 Å². The molecule has 0 spiro atoms. The van der Waals surface area contributed by atoms with Gasteiger partial charge in [0.15, 0.2) is 0 Å². The molecule has 2 N–H and O–H groups in total. The van der Waals surface area contributed by atoms with Crippen LogP contribution in [0.5, 0.6) is 0 Å². The molecule has 1 aromatic carbocycles. The maximum atomic E-state index is 11.9. The molecule has 0 aliphatic carbocycles. The summed E-state index contributed by atoms with van der Waals surface area (Å²) in [7, 11) is 0. The lowest BCUT2D eigenvalue weighted by molar-refractivity contribution is 0.185. The molecule has 2 aromatic rings. The van der Waals surface area contributed by atoms with E-state index in [4.69, 9.17) is 0 Å². The van der Waals surface area contributed by atoms with Crippen LogP contribution in [0.3, 0.4) is 0 Å². The van der Waals surface area contributed by atoms with Crippen molar-refractivity contribution in [3.8, 4) is 0 Å². The molecule has 2 heterocycles.